The van der Waals surface area contributed by atoms with Crippen molar-refractivity contribution in [2.75, 3.05) is 0 Å². The van der Waals surface area contributed by atoms with E-state index in [1.807, 2.05) is 30.3 Å². The maximum absolute atomic E-state index is 12.5. The van der Waals surface area contributed by atoms with Crippen LogP contribution in [0.4, 0.5) is 4.79 Å². The van der Waals surface area contributed by atoms with Gasteiger partial charge in [0.2, 0.25) is 0 Å². The molecular weight excluding hydrogens is 266 g/mol. The molecule has 110 valence electrons. The Bertz CT molecular complexity index is 559. The topological polar surface area (TPSA) is 42.7 Å². The van der Waals surface area contributed by atoms with Gasteiger partial charge in [0.15, 0.2) is 0 Å². The Kier molecular flexibility index (Phi) is 4.24. The highest BCUT2D eigenvalue weighted by Crippen LogP contribution is 2.26. The standard InChI is InChI=1S/C17H19NO3/c19-17(21-15-9-2-1-3-10-15)18(14-7-4-5-8-14)13-16-11-6-12-20-16/h1-3,6,9-12,14H,4-5,7-8,13H2. The summed E-state index contributed by atoms with van der Waals surface area (Å²) in [5.41, 5.74) is 0. The molecule has 0 atom stereocenters. The predicted molar refractivity (Wildman–Crippen MR) is 79.0 cm³/mol. The summed E-state index contributed by atoms with van der Waals surface area (Å²) in [4.78, 5) is 14.3. The summed E-state index contributed by atoms with van der Waals surface area (Å²) < 4.78 is 10.9. The van der Waals surface area contributed by atoms with Gasteiger partial charge in [-0.15, -0.1) is 0 Å². The smallest absolute Gasteiger partial charge is 0.415 e. The first-order valence-electron chi connectivity index (χ1n) is 7.39. The molecule has 0 bridgehead atoms. The molecule has 1 aromatic carbocycles. The molecule has 1 saturated carbocycles. The molecule has 1 aromatic heterocycles. The molecule has 0 radical (unpaired) electrons. The van der Waals surface area contributed by atoms with Crippen molar-refractivity contribution >= 4 is 6.09 Å². The van der Waals surface area contributed by atoms with Crippen LogP contribution in [0.15, 0.2) is 53.1 Å². The van der Waals surface area contributed by atoms with E-state index in [0.717, 1.165) is 31.4 Å². The summed E-state index contributed by atoms with van der Waals surface area (Å²) in [5, 5.41) is 0. The fourth-order valence-corrected chi connectivity index (χ4v) is 2.78. The summed E-state index contributed by atoms with van der Waals surface area (Å²) in [5.74, 6) is 1.36. The highest BCUT2D eigenvalue weighted by atomic mass is 16.6. The number of nitrogens with zero attached hydrogens (tertiary/aromatic N) is 1. The Balaban J connectivity index is 1.72. The van der Waals surface area contributed by atoms with Crippen LogP contribution in [-0.4, -0.2) is 17.0 Å². The maximum Gasteiger partial charge on any atom is 0.415 e. The molecule has 0 N–H and O–H groups in total. The lowest BCUT2D eigenvalue weighted by atomic mass is 10.2. The molecule has 4 nitrogen and oxygen atoms in total. The van der Waals surface area contributed by atoms with Crippen LogP contribution in [0.1, 0.15) is 31.4 Å². The Labute approximate surface area is 124 Å². The van der Waals surface area contributed by atoms with Crippen molar-refractivity contribution < 1.29 is 13.9 Å². The van der Waals surface area contributed by atoms with Crippen LogP contribution in [0.2, 0.25) is 0 Å². The third-order valence-electron chi connectivity index (χ3n) is 3.85. The van der Waals surface area contributed by atoms with Gasteiger partial charge in [0, 0.05) is 6.04 Å². The lowest BCUT2D eigenvalue weighted by Gasteiger charge is -2.27. The van der Waals surface area contributed by atoms with Gasteiger partial charge >= 0.3 is 6.09 Å². The molecule has 4 heteroatoms. The minimum Gasteiger partial charge on any atom is -0.467 e. The molecule has 2 aromatic rings. The fraction of sp³-hybridized carbons (Fsp3) is 0.353. The van der Waals surface area contributed by atoms with E-state index in [-0.39, 0.29) is 12.1 Å². The quantitative estimate of drug-likeness (QED) is 0.844. The largest absolute Gasteiger partial charge is 0.467 e. The number of furan rings is 1. The van der Waals surface area contributed by atoms with Crippen molar-refractivity contribution in [2.45, 2.75) is 38.3 Å². The van der Waals surface area contributed by atoms with Crippen molar-refractivity contribution in [3.63, 3.8) is 0 Å². The summed E-state index contributed by atoms with van der Waals surface area (Å²) in [7, 11) is 0. The van der Waals surface area contributed by atoms with Gasteiger partial charge < -0.3 is 9.15 Å². The lowest BCUT2D eigenvalue weighted by Crippen LogP contribution is -2.40. The van der Waals surface area contributed by atoms with Gasteiger partial charge in [-0.2, -0.15) is 0 Å². The van der Waals surface area contributed by atoms with Crippen molar-refractivity contribution in [1.82, 2.24) is 4.90 Å². The normalized spacial score (nSPS) is 15.0. The molecule has 1 amide bonds. The zero-order valence-corrected chi connectivity index (χ0v) is 11.9. The predicted octanol–water partition coefficient (Wildman–Crippen LogP) is 4.22. The minimum absolute atomic E-state index is 0.242. The van der Waals surface area contributed by atoms with Crippen LogP contribution in [-0.2, 0) is 6.54 Å². The van der Waals surface area contributed by atoms with Gasteiger partial charge in [0.05, 0.1) is 12.8 Å². The highest BCUT2D eigenvalue weighted by molar-refractivity contribution is 5.71. The van der Waals surface area contributed by atoms with Crippen molar-refractivity contribution in [3.8, 4) is 5.75 Å². The molecule has 1 aliphatic carbocycles. The van der Waals surface area contributed by atoms with E-state index in [1.165, 1.54) is 0 Å². The maximum atomic E-state index is 12.5. The van der Waals surface area contributed by atoms with Gasteiger partial charge in [-0.3, -0.25) is 4.90 Å². The molecule has 0 spiro atoms. The van der Waals surface area contributed by atoms with Gasteiger partial charge in [-0.1, -0.05) is 31.0 Å². The number of carbonyl (C=O) groups is 1. The van der Waals surface area contributed by atoms with E-state index in [0.29, 0.717) is 12.3 Å². The average molecular weight is 285 g/mol. The average Bonchev–Trinajstić information content (AvgIpc) is 3.19. The molecule has 1 fully saturated rings. The first-order chi connectivity index (χ1) is 10.3. The van der Waals surface area contributed by atoms with Crippen LogP contribution in [0.3, 0.4) is 0 Å². The fourth-order valence-electron chi connectivity index (χ4n) is 2.78. The van der Waals surface area contributed by atoms with Gasteiger partial charge in [-0.25, -0.2) is 4.79 Å². The Morgan fingerprint density at radius 1 is 1.14 bits per heavy atom. The van der Waals surface area contributed by atoms with Crippen LogP contribution < -0.4 is 4.74 Å². The molecule has 3 rings (SSSR count). The van der Waals surface area contributed by atoms with Crippen LogP contribution in [0.5, 0.6) is 5.75 Å². The zero-order chi connectivity index (χ0) is 14.5. The SMILES string of the molecule is O=C(Oc1ccccc1)N(Cc1ccco1)C1CCCC1. The third-order valence-corrected chi connectivity index (χ3v) is 3.85. The molecule has 1 aliphatic rings. The highest BCUT2D eigenvalue weighted by Gasteiger charge is 2.28. The molecule has 21 heavy (non-hydrogen) atoms. The zero-order valence-electron chi connectivity index (χ0n) is 11.9. The van der Waals surface area contributed by atoms with Crippen molar-refractivity contribution in [1.29, 1.82) is 0 Å². The molecule has 0 aliphatic heterocycles. The van der Waals surface area contributed by atoms with Crippen LogP contribution in [0, 0.1) is 0 Å². The first-order valence-corrected chi connectivity index (χ1v) is 7.39. The van der Waals surface area contributed by atoms with E-state index in [9.17, 15) is 4.79 Å². The second-order valence-electron chi connectivity index (χ2n) is 5.33. The molecular formula is C17H19NO3. The summed E-state index contributed by atoms with van der Waals surface area (Å²) >= 11 is 0. The number of rotatable bonds is 4. The number of ether oxygens (including phenoxy) is 1. The van der Waals surface area contributed by atoms with E-state index in [4.69, 9.17) is 9.15 Å². The molecule has 0 unspecified atom stereocenters. The van der Waals surface area contributed by atoms with Crippen molar-refractivity contribution in [2.24, 2.45) is 0 Å². The number of para-hydroxylation sites is 1. The second-order valence-corrected chi connectivity index (χ2v) is 5.33. The molecule has 1 heterocycles. The summed E-state index contributed by atoms with van der Waals surface area (Å²) in [6.07, 6.45) is 5.72. The number of amides is 1. The van der Waals surface area contributed by atoms with Crippen molar-refractivity contribution in [3.05, 3.63) is 54.5 Å². The van der Waals surface area contributed by atoms with Crippen LogP contribution >= 0.6 is 0 Å². The van der Waals surface area contributed by atoms with Gasteiger partial charge in [0.1, 0.15) is 11.5 Å². The number of benzene rings is 1. The van der Waals surface area contributed by atoms with E-state index in [1.54, 1.807) is 23.3 Å². The number of hydrogen-bond donors (Lipinski definition) is 0. The van der Waals surface area contributed by atoms with Gasteiger partial charge in [0.25, 0.3) is 0 Å². The third kappa shape index (κ3) is 3.45. The summed E-state index contributed by atoms with van der Waals surface area (Å²) in [6, 6.07) is 13.2. The minimum atomic E-state index is -0.301. The second kappa shape index (κ2) is 6.48. The van der Waals surface area contributed by atoms with E-state index in [2.05, 4.69) is 0 Å². The molecule has 0 saturated heterocycles. The first kappa shape index (κ1) is 13.7. The van der Waals surface area contributed by atoms with E-state index >= 15 is 0 Å². The van der Waals surface area contributed by atoms with E-state index < -0.39 is 0 Å². The lowest BCUT2D eigenvalue weighted by molar-refractivity contribution is 0.123. The summed E-state index contributed by atoms with van der Waals surface area (Å²) in [6.45, 7) is 0.462. The Morgan fingerprint density at radius 2 is 1.90 bits per heavy atom. The number of carbonyl (C=O) groups excluding carboxylic acids is 1. The monoisotopic (exact) mass is 285 g/mol. The number of hydrogen-bond acceptors (Lipinski definition) is 3. The van der Waals surface area contributed by atoms with Crippen LogP contribution in [0.25, 0.3) is 0 Å². The Morgan fingerprint density at radius 3 is 2.57 bits per heavy atom. The van der Waals surface area contributed by atoms with Gasteiger partial charge in [-0.05, 0) is 37.1 Å². The Hall–Kier alpha value is -2.23.